The van der Waals surface area contributed by atoms with E-state index in [4.69, 9.17) is 9.47 Å². The molecule has 1 saturated heterocycles. The van der Waals surface area contributed by atoms with E-state index in [-0.39, 0.29) is 11.6 Å². The lowest BCUT2D eigenvalue weighted by Crippen LogP contribution is -2.50. The van der Waals surface area contributed by atoms with Crippen molar-refractivity contribution < 1.29 is 19.2 Å². The first-order chi connectivity index (χ1) is 17.1. The second-order valence-electron chi connectivity index (χ2n) is 8.42. The summed E-state index contributed by atoms with van der Waals surface area (Å²) in [7, 11) is 0. The molecule has 2 aliphatic rings. The van der Waals surface area contributed by atoms with E-state index in [0.717, 1.165) is 42.4 Å². The standard InChI is InChI=1S/C25H26N4O5S/c30-25(18-26-9-11-27(12-10-26)19-3-5-20(6-4-19)29(31)32)28(17-22-2-1-15-35-22)21-7-8-23-24(16-21)34-14-13-33-23/h1-8,15-16H,9-14,17-18H2. The van der Waals surface area contributed by atoms with Crippen LogP contribution in [0.4, 0.5) is 17.1 Å². The molecule has 0 spiro atoms. The largest absolute Gasteiger partial charge is 0.486 e. The fraction of sp³-hybridized carbons (Fsp3) is 0.320. The number of fused-ring (bicyclic) bond motifs is 1. The molecule has 2 aliphatic heterocycles. The van der Waals surface area contributed by atoms with Crippen LogP contribution in [0.5, 0.6) is 11.5 Å². The van der Waals surface area contributed by atoms with Gasteiger partial charge in [-0.05, 0) is 35.7 Å². The van der Waals surface area contributed by atoms with Crippen molar-refractivity contribution >= 4 is 34.3 Å². The Labute approximate surface area is 207 Å². The zero-order valence-corrected chi connectivity index (χ0v) is 20.0. The van der Waals surface area contributed by atoms with E-state index in [2.05, 4.69) is 9.80 Å². The summed E-state index contributed by atoms with van der Waals surface area (Å²) in [4.78, 5) is 31.3. The SMILES string of the molecule is O=C(CN1CCN(c2ccc([N+](=O)[O-])cc2)CC1)N(Cc1cccs1)c1ccc2c(c1)OCCO2. The van der Waals surface area contributed by atoms with Crippen LogP contribution in [0.25, 0.3) is 0 Å². The number of hydrogen-bond donors (Lipinski definition) is 0. The lowest BCUT2D eigenvalue weighted by atomic mass is 10.2. The van der Waals surface area contributed by atoms with Crippen LogP contribution in [0.2, 0.25) is 0 Å². The van der Waals surface area contributed by atoms with Crippen molar-refractivity contribution in [3.8, 4) is 11.5 Å². The average molecular weight is 495 g/mol. The Hall–Kier alpha value is -3.63. The molecule has 2 aromatic carbocycles. The van der Waals surface area contributed by atoms with Crippen molar-refractivity contribution in [1.29, 1.82) is 0 Å². The second kappa shape index (κ2) is 10.3. The van der Waals surface area contributed by atoms with Gasteiger partial charge in [-0.2, -0.15) is 0 Å². The Morgan fingerprint density at radius 3 is 2.43 bits per heavy atom. The van der Waals surface area contributed by atoms with Crippen molar-refractivity contribution in [3.05, 3.63) is 75.0 Å². The molecule has 0 unspecified atom stereocenters. The molecular weight excluding hydrogens is 468 g/mol. The predicted octanol–water partition coefficient (Wildman–Crippen LogP) is 3.78. The fourth-order valence-corrected chi connectivity index (χ4v) is 5.00. The minimum absolute atomic E-state index is 0.0267. The Morgan fingerprint density at radius 2 is 1.74 bits per heavy atom. The first-order valence-corrected chi connectivity index (χ1v) is 12.4. The Balaban J connectivity index is 1.25. The van der Waals surface area contributed by atoms with Crippen LogP contribution < -0.4 is 19.3 Å². The number of thiophene rings is 1. The molecular formula is C25H26N4O5S. The summed E-state index contributed by atoms with van der Waals surface area (Å²) < 4.78 is 11.4. The van der Waals surface area contributed by atoms with Gasteiger partial charge in [0.1, 0.15) is 13.2 Å². The number of anilines is 2. The normalized spacial score (nSPS) is 15.6. The van der Waals surface area contributed by atoms with Gasteiger partial charge in [0, 0.05) is 60.6 Å². The monoisotopic (exact) mass is 494 g/mol. The Kier molecular flexibility index (Phi) is 6.82. The van der Waals surface area contributed by atoms with Crippen molar-refractivity contribution in [3.63, 3.8) is 0 Å². The summed E-state index contributed by atoms with van der Waals surface area (Å²) in [6, 6.07) is 16.3. The summed E-state index contributed by atoms with van der Waals surface area (Å²) in [5, 5.41) is 12.9. The van der Waals surface area contributed by atoms with Crippen molar-refractivity contribution in [2.24, 2.45) is 0 Å². The molecule has 182 valence electrons. The van der Waals surface area contributed by atoms with Crippen LogP contribution in [-0.2, 0) is 11.3 Å². The van der Waals surface area contributed by atoms with E-state index >= 15 is 0 Å². The number of nitrogens with zero attached hydrogens (tertiary/aromatic N) is 4. The van der Waals surface area contributed by atoms with E-state index in [0.29, 0.717) is 37.8 Å². The molecule has 9 nitrogen and oxygen atoms in total. The molecule has 0 N–H and O–H groups in total. The van der Waals surface area contributed by atoms with Crippen molar-refractivity contribution in [2.45, 2.75) is 6.54 Å². The number of nitro groups is 1. The number of rotatable bonds is 7. The number of nitro benzene ring substituents is 1. The molecule has 1 aromatic heterocycles. The van der Waals surface area contributed by atoms with Gasteiger partial charge in [0.05, 0.1) is 18.0 Å². The molecule has 3 heterocycles. The molecule has 10 heteroatoms. The van der Waals surface area contributed by atoms with Gasteiger partial charge < -0.3 is 19.3 Å². The highest BCUT2D eigenvalue weighted by Gasteiger charge is 2.25. The van der Waals surface area contributed by atoms with Crippen LogP contribution >= 0.6 is 11.3 Å². The number of carbonyl (C=O) groups is 1. The third-order valence-electron chi connectivity index (χ3n) is 6.19. The van der Waals surface area contributed by atoms with Crippen LogP contribution in [0, 0.1) is 10.1 Å². The summed E-state index contributed by atoms with van der Waals surface area (Å²) in [6.07, 6.45) is 0. The minimum atomic E-state index is -0.392. The van der Waals surface area contributed by atoms with Gasteiger partial charge in [0.15, 0.2) is 11.5 Å². The first-order valence-electron chi connectivity index (χ1n) is 11.5. The summed E-state index contributed by atoms with van der Waals surface area (Å²) in [6.45, 7) is 4.80. The molecule has 0 radical (unpaired) electrons. The van der Waals surface area contributed by atoms with E-state index in [1.807, 2.05) is 40.6 Å². The van der Waals surface area contributed by atoms with E-state index in [9.17, 15) is 14.9 Å². The second-order valence-corrected chi connectivity index (χ2v) is 9.46. The third-order valence-corrected chi connectivity index (χ3v) is 7.05. The molecule has 0 saturated carbocycles. The highest BCUT2D eigenvalue weighted by Crippen LogP contribution is 2.35. The summed E-state index contributed by atoms with van der Waals surface area (Å²) in [5.74, 6) is 1.39. The number of benzene rings is 2. The zero-order chi connectivity index (χ0) is 24.2. The lowest BCUT2D eigenvalue weighted by molar-refractivity contribution is -0.384. The van der Waals surface area contributed by atoms with Crippen LogP contribution in [0.15, 0.2) is 60.0 Å². The van der Waals surface area contributed by atoms with E-state index < -0.39 is 4.92 Å². The maximum atomic E-state index is 13.5. The van der Waals surface area contributed by atoms with Gasteiger partial charge in [-0.25, -0.2) is 0 Å². The summed E-state index contributed by atoms with van der Waals surface area (Å²) >= 11 is 1.63. The smallest absolute Gasteiger partial charge is 0.269 e. The van der Waals surface area contributed by atoms with E-state index in [1.165, 1.54) is 12.1 Å². The van der Waals surface area contributed by atoms with Gasteiger partial charge in [-0.3, -0.25) is 19.8 Å². The van der Waals surface area contributed by atoms with Gasteiger partial charge in [-0.1, -0.05) is 6.07 Å². The molecule has 5 rings (SSSR count). The molecule has 0 aliphatic carbocycles. The number of amides is 1. The number of piperazine rings is 1. The number of non-ortho nitro benzene ring substituents is 1. The van der Waals surface area contributed by atoms with Crippen molar-refractivity contribution in [1.82, 2.24) is 4.90 Å². The summed E-state index contributed by atoms with van der Waals surface area (Å²) in [5.41, 5.74) is 1.83. The van der Waals surface area contributed by atoms with Gasteiger partial charge in [-0.15, -0.1) is 11.3 Å². The highest BCUT2D eigenvalue weighted by molar-refractivity contribution is 7.09. The highest BCUT2D eigenvalue weighted by atomic mass is 32.1. The van der Waals surface area contributed by atoms with Crippen LogP contribution in [0.1, 0.15) is 4.88 Å². The Morgan fingerprint density at radius 1 is 1.00 bits per heavy atom. The van der Waals surface area contributed by atoms with Gasteiger partial charge in [0.2, 0.25) is 5.91 Å². The van der Waals surface area contributed by atoms with Gasteiger partial charge >= 0.3 is 0 Å². The molecule has 1 fully saturated rings. The molecule has 1 amide bonds. The van der Waals surface area contributed by atoms with Gasteiger partial charge in [0.25, 0.3) is 5.69 Å². The number of carbonyl (C=O) groups excluding carboxylic acids is 1. The molecule has 0 atom stereocenters. The number of ether oxygens (including phenoxy) is 2. The van der Waals surface area contributed by atoms with Crippen molar-refractivity contribution in [2.75, 3.05) is 55.7 Å². The first kappa shape index (κ1) is 23.1. The maximum absolute atomic E-state index is 13.5. The lowest BCUT2D eigenvalue weighted by Gasteiger charge is -2.36. The van der Waals surface area contributed by atoms with E-state index in [1.54, 1.807) is 23.5 Å². The van der Waals surface area contributed by atoms with Crippen LogP contribution in [-0.4, -0.2) is 61.7 Å². The maximum Gasteiger partial charge on any atom is 0.269 e. The topological polar surface area (TPSA) is 88.4 Å². The average Bonchev–Trinajstić information content (AvgIpc) is 3.41. The third kappa shape index (κ3) is 5.39. The predicted molar refractivity (Wildman–Crippen MR) is 135 cm³/mol. The fourth-order valence-electron chi connectivity index (χ4n) is 4.31. The molecule has 3 aromatic rings. The zero-order valence-electron chi connectivity index (χ0n) is 19.2. The number of hydrogen-bond acceptors (Lipinski definition) is 8. The minimum Gasteiger partial charge on any atom is -0.486 e. The van der Waals surface area contributed by atoms with Crippen LogP contribution in [0.3, 0.4) is 0 Å². The molecule has 0 bridgehead atoms. The Bertz CT molecular complexity index is 1180. The molecule has 35 heavy (non-hydrogen) atoms. The quantitative estimate of drug-likeness (QED) is 0.365.